The van der Waals surface area contributed by atoms with E-state index in [1.165, 1.54) is 30.4 Å². The molecule has 0 saturated heterocycles. The molecule has 1 fully saturated rings. The Morgan fingerprint density at radius 1 is 1.09 bits per heavy atom. The van der Waals surface area contributed by atoms with Crippen molar-refractivity contribution in [3.05, 3.63) is 84.1 Å². The number of ether oxygens (including phenoxy) is 1. The zero-order valence-electron chi connectivity index (χ0n) is 18.3. The standard InChI is InChI=1S/C25H25N3O5/c1-32-25(31)18-6-4-9-20(16-18)28(24(30)21-10-5-15-33-21)22(17-11-13-26-14-12-17)23(29)27-19-7-2-3-8-19/h4-6,9-16,19,22H,2-3,7-8H2,1H3,(H,27,29). The minimum absolute atomic E-state index is 0.0591. The summed E-state index contributed by atoms with van der Waals surface area (Å²) in [6.45, 7) is 0. The first-order valence-electron chi connectivity index (χ1n) is 10.8. The molecule has 0 bridgehead atoms. The van der Waals surface area contributed by atoms with Crippen molar-refractivity contribution < 1.29 is 23.5 Å². The average molecular weight is 447 g/mol. The quantitative estimate of drug-likeness (QED) is 0.551. The average Bonchev–Trinajstić information content (AvgIpc) is 3.57. The number of nitrogens with one attached hydrogen (secondary N) is 1. The van der Waals surface area contributed by atoms with Gasteiger partial charge in [0, 0.05) is 24.1 Å². The number of rotatable bonds is 7. The molecule has 33 heavy (non-hydrogen) atoms. The molecule has 1 aliphatic carbocycles. The molecular weight excluding hydrogens is 422 g/mol. The first kappa shape index (κ1) is 22.3. The third-order valence-electron chi connectivity index (χ3n) is 5.73. The highest BCUT2D eigenvalue weighted by molar-refractivity contribution is 6.09. The van der Waals surface area contributed by atoms with Crippen LogP contribution in [-0.2, 0) is 9.53 Å². The molecule has 0 aliphatic heterocycles. The Labute approximate surface area is 191 Å². The second kappa shape index (κ2) is 10.1. The molecule has 2 aromatic heterocycles. The number of nitrogens with zero attached hydrogens (tertiary/aromatic N) is 2. The zero-order valence-corrected chi connectivity index (χ0v) is 18.3. The van der Waals surface area contributed by atoms with E-state index >= 15 is 0 Å². The number of hydrogen-bond donors (Lipinski definition) is 1. The van der Waals surface area contributed by atoms with Crippen LogP contribution in [0.5, 0.6) is 0 Å². The van der Waals surface area contributed by atoms with Crippen LogP contribution in [0.25, 0.3) is 0 Å². The third kappa shape index (κ3) is 4.95. The monoisotopic (exact) mass is 447 g/mol. The Hall–Kier alpha value is -3.94. The molecule has 3 aromatic rings. The maximum Gasteiger partial charge on any atom is 0.337 e. The molecule has 1 aromatic carbocycles. The highest BCUT2D eigenvalue weighted by Crippen LogP contribution is 2.31. The summed E-state index contributed by atoms with van der Waals surface area (Å²) in [4.78, 5) is 44.8. The molecule has 2 heterocycles. The number of methoxy groups -OCH3 is 1. The number of carbonyl (C=O) groups excluding carboxylic acids is 3. The van der Waals surface area contributed by atoms with Crippen molar-refractivity contribution in [2.24, 2.45) is 0 Å². The molecule has 2 amide bonds. The number of aromatic nitrogens is 1. The molecule has 8 heteroatoms. The third-order valence-corrected chi connectivity index (χ3v) is 5.73. The lowest BCUT2D eigenvalue weighted by atomic mass is 10.0. The second-order valence-electron chi connectivity index (χ2n) is 7.87. The minimum Gasteiger partial charge on any atom is -0.465 e. The maximum absolute atomic E-state index is 13.6. The minimum atomic E-state index is -1.00. The van der Waals surface area contributed by atoms with Gasteiger partial charge in [0.25, 0.3) is 5.91 Å². The normalized spacial score (nSPS) is 14.5. The van der Waals surface area contributed by atoms with Crippen LogP contribution in [0.15, 0.2) is 71.6 Å². The Morgan fingerprint density at radius 2 is 1.85 bits per heavy atom. The number of furan rings is 1. The van der Waals surface area contributed by atoms with Crippen LogP contribution in [0.4, 0.5) is 5.69 Å². The van der Waals surface area contributed by atoms with Crippen LogP contribution in [0, 0.1) is 0 Å². The molecule has 4 rings (SSSR count). The summed E-state index contributed by atoms with van der Waals surface area (Å²) in [6.07, 6.45) is 8.47. The highest BCUT2D eigenvalue weighted by atomic mass is 16.5. The molecule has 1 aliphatic rings. The van der Waals surface area contributed by atoms with Crippen LogP contribution in [0.2, 0.25) is 0 Å². The summed E-state index contributed by atoms with van der Waals surface area (Å²) >= 11 is 0. The topological polar surface area (TPSA) is 102 Å². The van der Waals surface area contributed by atoms with Crippen LogP contribution in [0.1, 0.15) is 58.2 Å². The van der Waals surface area contributed by atoms with Crippen LogP contribution in [0.3, 0.4) is 0 Å². The second-order valence-corrected chi connectivity index (χ2v) is 7.87. The number of anilines is 1. The Morgan fingerprint density at radius 3 is 2.52 bits per heavy atom. The van der Waals surface area contributed by atoms with Crippen molar-refractivity contribution in [1.29, 1.82) is 0 Å². The van der Waals surface area contributed by atoms with Crippen molar-refractivity contribution in [1.82, 2.24) is 10.3 Å². The number of amides is 2. The van der Waals surface area contributed by atoms with Gasteiger partial charge in [-0.1, -0.05) is 18.9 Å². The molecule has 8 nitrogen and oxygen atoms in total. The Balaban J connectivity index is 1.82. The Bertz CT molecular complexity index is 1110. The van der Waals surface area contributed by atoms with Crippen LogP contribution < -0.4 is 10.2 Å². The van der Waals surface area contributed by atoms with E-state index in [1.807, 2.05) is 0 Å². The van der Waals surface area contributed by atoms with E-state index in [1.54, 1.807) is 48.8 Å². The van der Waals surface area contributed by atoms with E-state index in [-0.39, 0.29) is 23.3 Å². The first-order chi connectivity index (χ1) is 16.1. The number of benzene rings is 1. The largest absolute Gasteiger partial charge is 0.465 e. The van der Waals surface area contributed by atoms with Gasteiger partial charge in [-0.2, -0.15) is 0 Å². The lowest BCUT2D eigenvalue weighted by molar-refractivity contribution is -0.123. The SMILES string of the molecule is COC(=O)c1cccc(N(C(=O)c2ccco2)C(C(=O)NC2CCCC2)c2ccncc2)c1. The van der Waals surface area contributed by atoms with Crippen molar-refractivity contribution >= 4 is 23.5 Å². The first-order valence-corrected chi connectivity index (χ1v) is 10.8. The predicted molar refractivity (Wildman–Crippen MR) is 121 cm³/mol. The molecule has 170 valence electrons. The number of esters is 1. The van der Waals surface area contributed by atoms with Crippen molar-refractivity contribution in [3.8, 4) is 0 Å². The molecule has 0 spiro atoms. The fourth-order valence-corrected chi connectivity index (χ4v) is 4.12. The number of pyridine rings is 1. The Kier molecular flexibility index (Phi) is 6.83. The molecule has 1 unspecified atom stereocenters. The van der Waals surface area contributed by atoms with Crippen molar-refractivity contribution in [3.63, 3.8) is 0 Å². The fourth-order valence-electron chi connectivity index (χ4n) is 4.12. The van der Waals surface area contributed by atoms with Crippen LogP contribution in [-0.4, -0.2) is 35.9 Å². The summed E-state index contributed by atoms with van der Waals surface area (Å²) in [5.41, 5.74) is 1.21. The van der Waals surface area contributed by atoms with E-state index in [4.69, 9.17) is 9.15 Å². The van der Waals surface area contributed by atoms with Crippen molar-refractivity contribution in [2.45, 2.75) is 37.8 Å². The van der Waals surface area contributed by atoms with Gasteiger partial charge in [-0.25, -0.2) is 4.79 Å². The van der Waals surface area contributed by atoms with E-state index in [0.29, 0.717) is 11.3 Å². The van der Waals surface area contributed by atoms with Gasteiger partial charge >= 0.3 is 5.97 Å². The van der Waals surface area contributed by atoms with E-state index in [2.05, 4.69) is 10.3 Å². The van der Waals surface area contributed by atoms with Gasteiger partial charge in [-0.3, -0.25) is 19.5 Å². The van der Waals surface area contributed by atoms with Gasteiger partial charge in [0.15, 0.2) is 5.76 Å². The maximum atomic E-state index is 13.6. The summed E-state index contributed by atoms with van der Waals surface area (Å²) < 4.78 is 10.2. The van der Waals surface area contributed by atoms with E-state index in [0.717, 1.165) is 25.7 Å². The summed E-state index contributed by atoms with van der Waals surface area (Å²) in [7, 11) is 1.29. The van der Waals surface area contributed by atoms with E-state index in [9.17, 15) is 14.4 Å². The molecular formula is C25H25N3O5. The summed E-state index contributed by atoms with van der Waals surface area (Å²) in [6, 6.07) is 12.0. The van der Waals surface area contributed by atoms with Crippen molar-refractivity contribution in [2.75, 3.05) is 12.0 Å². The highest BCUT2D eigenvalue weighted by Gasteiger charge is 2.36. The number of carbonyl (C=O) groups is 3. The van der Waals surface area contributed by atoms with Gasteiger partial charge in [0.1, 0.15) is 6.04 Å². The van der Waals surface area contributed by atoms with E-state index < -0.39 is 17.9 Å². The smallest absolute Gasteiger partial charge is 0.337 e. The molecule has 1 atom stereocenters. The predicted octanol–water partition coefficient (Wildman–Crippen LogP) is 3.91. The van der Waals surface area contributed by atoms with Crippen LogP contribution >= 0.6 is 0 Å². The molecule has 0 radical (unpaired) electrons. The summed E-state index contributed by atoms with van der Waals surface area (Å²) in [5, 5.41) is 3.10. The lowest BCUT2D eigenvalue weighted by Crippen LogP contribution is -2.46. The zero-order chi connectivity index (χ0) is 23.2. The van der Waals surface area contributed by atoms with Gasteiger partial charge < -0.3 is 14.5 Å². The van der Waals surface area contributed by atoms with Gasteiger partial charge in [-0.05, 0) is 60.9 Å². The lowest BCUT2D eigenvalue weighted by Gasteiger charge is -2.32. The number of hydrogen-bond acceptors (Lipinski definition) is 6. The fraction of sp³-hybridized carbons (Fsp3) is 0.280. The summed E-state index contributed by atoms with van der Waals surface area (Å²) in [5.74, 6) is -1.29. The molecule has 1 saturated carbocycles. The van der Waals surface area contributed by atoms with Gasteiger partial charge in [0.2, 0.25) is 5.91 Å². The van der Waals surface area contributed by atoms with Gasteiger partial charge in [-0.15, -0.1) is 0 Å². The van der Waals surface area contributed by atoms with Gasteiger partial charge in [0.05, 0.1) is 18.9 Å². The molecule has 1 N–H and O–H groups in total.